The van der Waals surface area contributed by atoms with Crippen LogP contribution in [-0.4, -0.2) is 46.0 Å². The number of hydrogen-bond donors (Lipinski definition) is 2. The first-order valence-electron chi connectivity index (χ1n) is 12.5. The van der Waals surface area contributed by atoms with Crippen molar-refractivity contribution in [2.75, 3.05) is 13.7 Å². The lowest BCUT2D eigenvalue weighted by molar-refractivity contribution is -0.150. The number of aryl methyl sites for hydroxylation is 1. The second-order valence-corrected chi connectivity index (χ2v) is 10.8. The predicted octanol–water partition coefficient (Wildman–Crippen LogP) is 5.12. The first-order chi connectivity index (χ1) is 18.7. The van der Waals surface area contributed by atoms with Gasteiger partial charge in [0.05, 0.1) is 29.8 Å². The lowest BCUT2D eigenvalue weighted by atomic mass is 9.88. The zero-order valence-electron chi connectivity index (χ0n) is 22.7. The average Bonchev–Trinajstić information content (AvgIpc) is 2.87. The molecule has 0 fully saturated rings. The Morgan fingerprint density at radius 3 is 2.35 bits per heavy atom. The number of amides is 1. The van der Waals surface area contributed by atoms with Gasteiger partial charge in [0.2, 0.25) is 0 Å². The highest BCUT2D eigenvalue weighted by atomic mass is 31.0. The fourth-order valence-electron chi connectivity index (χ4n) is 4.59. The van der Waals surface area contributed by atoms with E-state index in [1.165, 1.54) is 40.0 Å². The molecule has 4 rings (SSSR count). The average molecular weight is 571 g/mol. The topological polar surface area (TPSA) is 97.2 Å². The Labute approximate surface area is 232 Å². The van der Waals surface area contributed by atoms with Gasteiger partial charge in [-0.05, 0) is 68.4 Å². The lowest BCUT2D eigenvalue weighted by Crippen LogP contribution is -2.36. The van der Waals surface area contributed by atoms with E-state index in [1.807, 2.05) is 0 Å². The number of carbonyl (C=O) groups is 1. The molecule has 2 aromatic heterocycles. The van der Waals surface area contributed by atoms with Crippen LogP contribution in [0.5, 0.6) is 5.75 Å². The minimum absolute atomic E-state index is 0.116. The van der Waals surface area contributed by atoms with Crippen molar-refractivity contribution in [2.24, 2.45) is 0 Å². The van der Waals surface area contributed by atoms with Gasteiger partial charge in [0.1, 0.15) is 17.2 Å². The maximum atomic E-state index is 14.5. The number of carbonyl (C=O) groups excluding carboxylic acids is 1. The van der Waals surface area contributed by atoms with Crippen LogP contribution in [0.15, 0.2) is 48.5 Å². The van der Waals surface area contributed by atoms with Crippen LogP contribution in [0.2, 0.25) is 0 Å². The molecule has 2 aromatic carbocycles. The highest BCUT2D eigenvalue weighted by Crippen LogP contribution is 2.39. The van der Waals surface area contributed by atoms with Crippen LogP contribution in [0.3, 0.4) is 0 Å². The summed E-state index contributed by atoms with van der Waals surface area (Å²) in [7, 11) is 3.96. The van der Waals surface area contributed by atoms with Gasteiger partial charge in [-0.3, -0.25) is 9.78 Å². The molecule has 1 unspecified atom stereocenters. The molecule has 0 aliphatic rings. The van der Waals surface area contributed by atoms with Crippen molar-refractivity contribution < 1.29 is 27.8 Å². The number of pyridine rings is 1. The minimum atomic E-state index is -4.74. The summed E-state index contributed by atoms with van der Waals surface area (Å²) in [6.07, 6.45) is -4.74. The van der Waals surface area contributed by atoms with Crippen LogP contribution >= 0.6 is 9.24 Å². The monoisotopic (exact) mass is 570 g/mol. The van der Waals surface area contributed by atoms with E-state index in [9.17, 15) is 23.1 Å². The van der Waals surface area contributed by atoms with Crippen molar-refractivity contribution in [1.29, 1.82) is 0 Å². The Bertz CT molecular complexity index is 1570. The smallest absolute Gasteiger partial charge is 0.398 e. The summed E-state index contributed by atoms with van der Waals surface area (Å²) >= 11 is 0. The van der Waals surface area contributed by atoms with Crippen molar-refractivity contribution >= 4 is 31.4 Å². The fraction of sp³-hybridized carbons (Fsp3) is 0.310. The van der Waals surface area contributed by atoms with E-state index in [0.717, 1.165) is 5.30 Å². The van der Waals surface area contributed by atoms with Gasteiger partial charge in [-0.15, -0.1) is 14.3 Å². The molecule has 210 valence electrons. The number of nitrogens with zero attached hydrogens (tertiary/aromatic N) is 3. The Kier molecular flexibility index (Phi) is 8.15. The van der Waals surface area contributed by atoms with E-state index in [0.29, 0.717) is 33.4 Å². The van der Waals surface area contributed by atoms with Crippen LogP contribution < -0.4 is 15.4 Å². The van der Waals surface area contributed by atoms with Crippen LogP contribution in [0.25, 0.3) is 22.2 Å². The summed E-state index contributed by atoms with van der Waals surface area (Å²) in [6.45, 7) is 5.50. The highest BCUT2D eigenvalue weighted by Gasteiger charge is 2.43. The Morgan fingerprint density at radius 2 is 1.75 bits per heavy atom. The normalized spacial score (nSPS) is 12.8. The third-order valence-electron chi connectivity index (χ3n) is 6.63. The molecule has 11 heteroatoms. The van der Waals surface area contributed by atoms with Crippen LogP contribution in [0, 0.1) is 13.8 Å². The van der Waals surface area contributed by atoms with E-state index in [2.05, 4.69) is 29.7 Å². The Morgan fingerprint density at radius 1 is 1.07 bits per heavy atom. The Hall–Kier alpha value is -3.62. The molecule has 0 bridgehead atoms. The van der Waals surface area contributed by atoms with Gasteiger partial charge in [0.25, 0.3) is 5.91 Å². The number of methoxy groups -OCH3 is 1. The van der Waals surface area contributed by atoms with Gasteiger partial charge in [0.15, 0.2) is 0 Å². The molecule has 1 amide bonds. The number of fused-ring (bicyclic) bond motifs is 1. The van der Waals surface area contributed by atoms with Crippen molar-refractivity contribution in [2.45, 2.75) is 45.4 Å². The number of halogens is 3. The molecule has 7 nitrogen and oxygen atoms in total. The quantitative estimate of drug-likeness (QED) is 0.300. The molecule has 2 heterocycles. The number of alkyl halides is 3. The molecule has 0 radical (unpaired) electrons. The van der Waals surface area contributed by atoms with Crippen molar-refractivity contribution in [3.05, 3.63) is 76.6 Å². The van der Waals surface area contributed by atoms with E-state index in [4.69, 9.17) is 4.74 Å². The molecule has 0 aliphatic heterocycles. The number of rotatable bonds is 7. The Balaban J connectivity index is 1.74. The standard InChI is InChI=1S/C29H30F3N4O3P/c1-15-10-18-11-19(12-24(39-5)26(18)36-35-15)27(37)33-14-22(29(30,31)32)25-16(2)21(28(3,4)38)13-23(34-25)17-6-8-20(40)9-7-17/h6-13,22,38H,14,40H2,1-5H3,(H,33,37)/t22-/m1/s1. The molecule has 0 spiro atoms. The van der Waals surface area contributed by atoms with Crippen molar-refractivity contribution in [1.82, 2.24) is 20.5 Å². The molecule has 0 saturated carbocycles. The summed E-state index contributed by atoms with van der Waals surface area (Å²) in [5, 5.41) is 22.8. The van der Waals surface area contributed by atoms with Crippen LogP contribution in [-0.2, 0) is 5.60 Å². The van der Waals surface area contributed by atoms with Gasteiger partial charge in [-0.2, -0.15) is 18.3 Å². The molecule has 2 N–H and O–H groups in total. The summed E-state index contributed by atoms with van der Waals surface area (Å²) in [5.41, 5.74) is 0.882. The first kappa shape index (κ1) is 29.4. The first-order valence-corrected chi connectivity index (χ1v) is 13.0. The van der Waals surface area contributed by atoms with E-state index in [-0.39, 0.29) is 22.6 Å². The van der Waals surface area contributed by atoms with Gasteiger partial charge >= 0.3 is 6.18 Å². The second-order valence-electron chi connectivity index (χ2n) is 10.2. The minimum Gasteiger partial charge on any atom is -0.494 e. The summed E-state index contributed by atoms with van der Waals surface area (Å²) in [4.78, 5) is 17.5. The third kappa shape index (κ3) is 6.24. The lowest BCUT2D eigenvalue weighted by Gasteiger charge is -2.27. The number of hydrogen-bond acceptors (Lipinski definition) is 6. The number of aliphatic hydroxyl groups is 1. The number of aromatic nitrogens is 3. The zero-order chi connectivity index (χ0) is 29.4. The molecule has 40 heavy (non-hydrogen) atoms. The van der Waals surface area contributed by atoms with Crippen molar-refractivity contribution in [3.63, 3.8) is 0 Å². The number of benzene rings is 2. The van der Waals surface area contributed by atoms with Gasteiger partial charge in [-0.1, -0.05) is 24.3 Å². The van der Waals surface area contributed by atoms with Crippen LogP contribution in [0.4, 0.5) is 13.2 Å². The van der Waals surface area contributed by atoms with Crippen molar-refractivity contribution in [3.8, 4) is 17.0 Å². The molecule has 2 atom stereocenters. The summed E-state index contributed by atoms with van der Waals surface area (Å²) in [6, 6.07) is 13.4. The number of nitrogens with one attached hydrogen (secondary N) is 1. The summed E-state index contributed by atoms with van der Waals surface area (Å²) < 4.78 is 48.9. The van der Waals surface area contributed by atoms with Gasteiger partial charge in [0, 0.05) is 23.1 Å². The second kappa shape index (κ2) is 11.1. The molecular weight excluding hydrogens is 540 g/mol. The third-order valence-corrected chi connectivity index (χ3v) is 7.01. The van der Waals surface area contributed by atoms with E-state index < -0.39 is 30.1 Å². The van der Waals surface area contributed by atoms with E-state index in [1.54, 1.807) is 43.3 Å². The molecule has 0 saturated heterocycles. The fourth-order valence-corrected chi connectivity index (χ4v) is 4.78. The SMILES string of the molecule is COc1cc(C(=O)NC[C@H](c2nc(-c3ccc(P)cc3)cc(C(C)(C)O)c2C)C(F)(F)F)cc2cc(C)nnc12. The molecule has 0 aliphatic carbocycles. The van der Waals surface area contributed by atoms with E-state index >= 15 is 0 Å². The number of ether oxygens (including phenoxy) is 1. The maximum absolute atomic E-state index is 14.5. The van der Waals surface area contributed by atoms with Gasteiger partial charge in [-0.25, -0.2) is 0 Å². The predicted molar refractivity (Wildman–Crippen MR) is 151 cm³/mol. The largest absolute Gasteiger partial charge is 0.494 e. The van der Waals surface area contributed by atoms with Gasteiger partial charge < -0.3 is 15.2 Å². The molecule has 4 aromatic rings. The molecular formula is C29H30F3N4O3P. The highest BCUT2D eigenvalue weighted by molar-refractivity contribution is 7.27. The summed E-state index contributed by atoms with van der Waals surface area (Å²) in [5.74, 6) is -2.57. The maximum Gasteiger partial charge on any atom is 0.398 e. The van der Waals surface area contributed by atoms with Crippen LogP contribution in [0.1, 0.15) is 52.6 Å². The zero-order valence-corrected chi connectivity index (χ0v) is 23.9.